The van der Waals surface area contributed by atoms with Gasteiger partial charge in [-0.2, -0.15) is 0 Å². The molecule has 0 fully saturated rings. The van der Waals surface area contributed by atoms with Gasteiger partial charge in [-0.3, -0.25) is 0 Å². The van der Waals surface area contributed by atoms with E-state index >= 15 is 0 Å². The van der Waals surface area contributed by atoms with Crippen LogP contribution in [0.25, 0.3) is 0 Å². The molecule has 100 valence electrons. The first kappa shape index (κ1) is 13.5. The monoisotopic (exact) mass is 275 g/mol. The summed E-state index contributed by atoms with van der Waals surface area (Å²) in [5.41, 5.74) is 4.05. The van der Waals surface area contributed by atoms with Gasteiger partial charge in [0.25, 0.3) is 0 Å². The van der Waals surface area contributed by atoms with Crippen molar-refractivity contribution >= 4 is 23.1 Å². The minimum absolute atomic E-state index is 0.209. The summed E-state index contributed by atoms with van der Waals surface area (Å²) in [5, 5.41) is 8.52. The van der Waals surface area contributed by atoms with Crippen LogP contribution in [0.3, 0.4) is 0 Å². The number of hydrogen-bond donors (Lipinski definition) is 2. The lowest BCUT2D eigenvalue weighted by Gasteiger charge is -2.09. The second-order valence-electron chi connectivity index (χ2n) is 4.51. The molecule has 0 unspecified atom stereocenters. The lowest BCUT2D eigenvalue weighted by Crippen LogP contribution is -2.28. The van der Waals surface area contributed by atoms with Gasteiger partial charge < -0.3 is 10.6 Å². The highest BCUT2D eigenvalue weighted by Crippen LogP contribution is 2.15. The molecule has 0 aliphatic rings. The van der Waals surface area contributed by atoms with Crippen molar-refractivity contribution in [3.63, 3.8) is 0 Å². The Morgan fingerprint density at radius 1 is 1.32 bits per heavy atom. The maximum absolute atomic E-state index is 11.8. The SMILES string of the molecule is Cc1ccc(NC(=O)NCc2nc(C)cs2)c(C)c1. The number of urea groups is 1. The summed E-state index contributed by atoms with van der Waals surface area (Å²) >= 11 is 1.55. The molecule has 4 nitrogen and oxygen atoms in total. The van der Waals surface area contributed by atoms with Crippen LogP contribution in [0, 0.1) is 20.8 Å². The highest BCUT2D eigenvalue weighted by atomic mass is 32.1. The first-order chi connectivity index (χ1) is 9.04. The van der Waals surface area contributed by atoms with E-state index in [4.69, 9.17) is 0 Å². The lowest BCUT2D eigenvalue weighted by atomic mass is 10.1. The molecule has 0 aliphatic heterocycles. The van der Waals surface area contributed by atoms with E-state index in [9.17, 15) is 4.79 Å². The molecular weight excluding hydrogens is 258 g/mol. The molecule has 2 N–H and O–H groups in total. The third kappa shape index (κ3) is 3.79. The predicted octanol–water partition coefficient (Wildman–Crippen LogP) is 3.39. The van der Waals surface area contributed by atoms with Crippen molar-refractivity contribution in [3.8, 4) is 0 Å². The van der Waals surface area contributed by atoms with E-state index in [1.165, 1.54) is 5.56 Å². The lowest BCUT2D eigenvalue weighted by molar-refractivity contribution is 0.251. The first-order valence-corrected chi connectivity index (χ1v) is 6.95. The Morgan fingerprint density at radius 3 is 2.74 bits per heavy atom. The molecule has 1 aromatic heterocycles. The summed E-state index contributed by atoms with van der Waals surface area (Å²) in [6.07, 6.45) is 0. The van der Waals surface area contributed by atoms with Gasteiger partial charge in [-0.1, -0.05) is 17.7 Å². The fourth-order valence-corrected chi connectivity index (χ4v) is 2.47. The summed E-state index contributed by atoms with van der Waals surface area (Å²) in [6, 6.07) is 5.73. The van der Waals surface area contributed by atoms with Crippen LogP contribution in [-0.4, -0.2) is 11.0 Å². The molecule has 0 bridgehead atoms. The summed E-state index contributed by atoms with van der Waals surface area (Å²) in [7, 11) is 0. The van der Waals surface area contributed by atoms with Crippen LogP contribution in [-0.2, 0) is 6.54 Å². The van der Waals surface area contributed by atoms with Crippen molar-refractivity contribution in [2.75, 3.05) is 5.32 Å². The fourth-order valence-electron chi connectivity index (χ4n) is 1.76. The molecule has 2 aromatic rings. The van der Waals surface area contributed by atoms with Gasteiger partial charge >= 0.3 is 6.03 Å². The van der Waals surface area contributed by atoms with Gasteiger partial charge in [0.2, 0.25) is 0 Å². The van der Waals surface area contributed by atoms with Crippen molar-refractivity contribution < 1.29 is 4.79 Å². The van der Waals surface area contributed by atoms with Crippen molar-refractivity contribution in [1.29, 1.82) is 0 Å². The molecule has 0 spiro atoms. The molecule has 1 heterocycles. The van der Waals surface area contributed by atoms with E-state index in [-0.39, 0.29) is 6.03 Å². The third-order valence-corrected chi connectivity index (χ3v) is 3.66. The highest BCUT2D eigenvalue weighted by molar-refractivity contribution is 7.09. The van der Waals surface area contributed by atoms with E-state index < -0.39 is 0 Å². The van der Waals surface area contributed by atoms with Crippen LogP contribution < -0.4 is 10.6 Å². The zero-order valence-electron chi connectivity index (χ0n) is 11.3. The van der Waals surface area contributed by atoms with E-state index in [0.29, 0.717) is 6.54 Å². The number of amides is 2. The molecular formula is C14H17N3OS. The van der Waals surface area contributed by atoms with Crippen LogP contribution >= 0.6 is 11.3 Å². The van der Waals surface area contributed by atoms with Gasteiger partial charge in [-0.25, -0.2) is 9.78 Å². The summed E-state index contributed by atoms with van der Waals surface area (Å²) < 4.78 is 0. The number of nitrogens with one attached hydrogen (secondary N) is 2. The molecule has 19 heavy (non-hydrogen) atoms. The number of anilines is 1. The van der Waals surface area contributed by atoms with Gasteiger partial charge in [0.1, 0.15) is 5.01 Å². The Labute approximate surface area is 116 Å². The number of aromatic nitrogens is 1. The van der Waals surface area contributed by atoms with Crippen LogP contribution in [0.15, 0.2) is 23.6 Å². The smallest absolute Gasteiger partial charge is 0.319 e. The van der Waals surface area contributed by atoms with Gasteiger partial charge in [-0.15, -0.1) is 11.3 Å². The number of aryl methyl sites for hydroxylation is 3. The Bertz CT molecular complexity index is 592. The molecule has 0 radical (unpaired) electrons. The number of rotatable bonds is 3. The topological polar surface area (TPSA) is 54.0 Å². The second kappa shape index (κ2) is 5.84. The quantitative estimate of drug-likeness (QED) is 0.902. The van der Waals surface area contributed by atoms with E-state index in [2.05, 4.69) is 15.6 Å². The van der Waals surface area contributed by atoms with E-state index in [0.717, 1.165) is 22.0 Å². The molecule has 2 rings (SSSR count). The van der Waals surface area contributed by atoms with Gasteiger partial charge in [0.15, 0.2) is 0 Å². The van der Waals surface area contributed by atoms with E-state index in [1.54, 1.807) is 11.3 Å². The Morgan fingerprint density at radius 2 is 2.11 bits per heavy atom. The Hall–Kier alpha value is -1.88. The minimum Gasteiger partial charge on any atom is -0.331 e. The average Bonchev–Trinajstić information content (AvgIpc) is 2.76. The minimum atomic E-state index is -0.209. The summed E-state index contributed by atoms with van der Waals surface area (Å²) in [6.45, 7) is 6.40. The number of nitrogens with zero attached hydrogens (tertiary/aromatic N) is 1. The molecule has 0 saturated heterocycles. The van der Waals surface area contributed by atoms with Gasteiger partial charge in [-0.05, 0) is 32.4 Å². The van der Waals surface area contributed by atoms with E-state index in [1.807, 2.05) is 44.4 Å². The average molecular weight is 275 g/mol. The van der Waals surface area contributed by atoms with Crippen molar-refractivity contribution in [1.82, 2.24) is 10.3 Å². The van der Waals surface area contributed by atoms with Crippen LogP contribution in [0.2, 0.25) is 0 Å². The molecule has 2 amide bonds. The second-order valence-corrected chi connectivity index (χ2v) is 5.45. The van der Waals surface area contributed by atoms with Crippen molar-refractivity contribution in [2.24, 2.45) is 0 Å². The normalized spacial score (nSPS) is 10.3. The number of carbonyl (C=O) groups excluding carboxylic acids is 1. The maximum atomic E-state index is 11.8. The number of benzene rings is 1. The molecule has 5 heteroatoms. The van der Waals surface area contributed by atoms with Gasteiger partial charge in [0.05, 0.1) is 6.54 Å². The number of carbonyl (C=O) groups is 1. The van der Waals surface area contributed by atoms with Crippen LogP contribution in [0.5, 0.6) is 0 Å². The standard InChI is InChI=1S/C14H17N3OS/c1-9-4-5-12(10(2)6-9)17-14(18)15-7-13-16-11(3)8-19-13/h4-6,8H,7H2,1-3H3,(H2,15,17,18). The largest absolute Gasteiger partial charge is 0.331 e. The molecule has 0 aliphatic carbocycles. The molecule has 1 aromatic carbocycles. The maximum Gasteiger partial charge on any atom is 0.319 e. The van der Waals surface area contributed by atoms with Crippen LogP contribution in [0.4, 0.5) is 10.5 Å². The Balaban J connectivity index is 1.90. The number of thiazole rings is 1. The zero-order valence-corrected chi connectivity index (χ0v) is 12.1. The molecule has 0 atom stereocenters. The van der Waals surface area contributed by atoms with Crippen molar-refractivity contribution in [2.45, 2.75) is 27.3 Å². The zero-order chi connectivity index (χ0) is 13.8. The van der Waals surface area contributed by atoms with Crippen molar-refractivity contribution in [3.05, 3.63) is 45.4 Å². The molecule has 0 saturated carbocycles. The Kier molecular flexibility index (Phi) is 4.16. The van der Waals surface area contributed by atoms with Crippen LogP contribution in [0.1, 0.15) is 21.8 Å². The summed E-state index contributed by atoms with van der Waals surface area (Å²) in [4.78, 5) is 16.1. The van der Waals surface area contributed by atoms with Gasteiger partial charge in [0, 0.05) is 16.8 Å². The fraction of sp³-hybridized carbons (Fsp3) is 0.286. The highest BCUT2D eigenvalue weighted by Gasteiger charge is 2.05. The summed E-state index contributed by atoms with van der Waals surface area (Å²) in [5.74, 6) is 0. The number of hydrogen-bond acceptors (Lipinski definition) is 3. The first-order valence-electron chi connectivity index (χ1n) is 6.07. The third-order valence-electron chi connectivity index (χ3n) is 2.70. The predicted molar refractivity (Wildman–Crippen MR) is 78.6 cm³/mol.